The van der Waals surface area contributed by atoms with Crippen molar-refractivity contribution in [1.29, 1.82) is 0 Å². The van der Waals surface area contributed by atoms with Crippen LogP contribution < -0.4 is 5.32 Å². The molecular formula is C12H15BrClNO2. The summed E-state index contributed by atoms with van der Waals surface area (Å²) in [7, 11) is 0. The molecule has 0 aliphatic heterocycles. The molecule has 1 amide bonds. The van der Waals surface area contributed by atoms with E-state index in [0.29, 0.717) is 18.2 Å². The minimum atomic E-state index is -0.389. The van der Waals surface area contributed by atoms with E-state index in [9.17, 15) is 4.79 Å². The molecule has 1 rings (SSSR count). The van der Waals surface area contributed by atoms with Crippen molar-refractivity contribution in [2.75, 3.05) is 6.61 Å². The smallest absolute Gasteiger partial charge is 0.407 e. The average molecular weight is 321 g/mol. The van der Waals surface area contributed by atoms with Crippen LogP contribution in [0.15, 0.2) is 22.7 Å². The van der Waals surface area contributed by atoms with Crippen LogP contribution in [0.5, 0.6) is 0 Å². The van der Waals surface area contributed by atoms with Crippen molar-refractivity contribution in [2.45, 2.75) is 26.3 Å². The van der Waals surface area contributed by atoms with Gasteiger partial charge < -0.3 is 10.1 Å². The number of halogens is 2. The zero-order chi connectivity index (χ0) is 12.7. The highest BCUT2D eigenvalue weighted by Crippen LogP contribution is 2.21. The molecule has 0 aliphatic carbocycles. The summed E-state index contributed by atoms with van der Waals surface area (Å²) in [5.41, 5.74) is 0.960. The molecule has 94 valence electrons. The zero-order valence-corrected chi connectivity index (χ0v) is 12.0. The van der Waals surface area contributed by atoms with Crippen LogP contribution in [0.2, 0.25) is 5.02 Å². The third-order valence-electron chi connectivity index (χ3n) is 2.17. The van der Waals surface area contributed by atoms with Gasteiger partial charge in [-0.2, -0.15) is 0 Å². The van der Waals surface area contributed by atoms with Gasteiger partial charge in [0, 0.05) is 16.0 Å². The molecule has 0 spiro atoms. The van der Waals surface area contributed by atoms with Gasteiger partial charge >= 0.3 is 6.09 Å². The van der Waals surface area contributed by atoms with Crippen LogP contribution in [0, 0.1) is 0 Å². The van der Waals surface area contributed by atoms with E-state index in [1.807, 2.05) is 13.0 Å². The maximum atomic E-state index is 11.3. The Bertz CT molecular complexity index is 385. The number of alkyl carbamates (subject to hydrolysis) is 1. The first kappa shape index (κ1) is 14.3. The van der Waals surface area contributed by atoms with Crippen LogP contribution in [-0.4, -0.2) is 12.7 Å². The molecule has 0 saturated carbocycles. The Hall–Kier alpha value is -0.740. The van der Waals surface area contributed by atoms with Gasteiger partial charge in [-0.15, -0.1) is 0 Å². The lowest BCUT2D eigenvalue weighted by atomic mass is 10.2. The van der Waals surface area contributed by atoms with Crippen LogP contribution >= 0.6 is 27.5 Å². The highest BCUT2D eigenvalue weighted by molar-refractivity contribution is 9.10. The van der Waals surface area contributed by atoms with E-state index in [-0.39, 0.29) is 6.09 Å². The first-order valence-electron chi connectivity index (χ1n) is 5.48. The number of hydrogen-bond acceptors (Lipinski definition) is 2. The van der Waals surface area contributed by atoms with Gasteiger partial charge in [-0.1, -0.05) is 46.9 Å². The van der Waals surface area contributed by atoms with Crippen LogP contribution in [0.25, 0.3) is 0 Å². The van der Waals surface area contributed by atoms with Crippen molar-refractivity contribution in [3.63, 3.8) is 0 Å². The number of nitrogens with one attached hydrogen (secondary N) is 1. The van der Waals surface area contributed by atoms with Crippen molar-refractivity contribution >= 4 is 33.6 Å². The maximum absolute atomic E-state index is 11.3. The molecule has 0 fully saturated rings. The zero-order valence-electron chi connectivity index (χ0n) is 9.63. The third kappa shape index (κ3) is 5.41. The molecule has 1 N–H and O–H groups in total. The topological polar surface area (TPSA) is 38.3 Å². The van der Waals surface area contributed by atoms with Crippen molar-refractivity contribution in [3.8, 4) is 0 Å². The monoisotopic (exact) mass is 319 g/mol. The van der Waals surface area contributed by atoms with Crippen LogP contribution in [0.1, 0.15) is 25.3 Å². The summed E-state index contributed by atoms with van der Waals surface area (Å²) in [5, 5.41) is 3.34. The van der Waals surface area contributed by atoms with Crippen molar-refractivity contribution in [3.05, 3.63) is 33.3 Å². The minimum Gasteiger partial charge on any atom is -0.450 e. The molecule has 0 heterocycles. The number of benzene rings is 1. The number of carbonyl (C=O) groups is 1. The molecule has 0 aromatic heterocycles. The lowest BCUT2D eigenvalue weighted by Gasteiger charge is -2.08. The fraction of sp³-hybridized carbons (Fsp3) is 0.417. The summed E-state index contributed by atoms with van der Waals surface area (Å²) >= 11 is 9.21. The number of amides is 1. The summed E-state index contributed by atoms with van der Waals surface area (Å²) < 4.78 is 5.85. The molecule has 0 bridgehead atoms. The molecular weight excluding hydrogens is 305 g/mol. The lowest BCUT2D eigenvalue weighted by Crippen LogP contribution is -2.24. The van der Waals surface area contributed by atoms with Gasteiger partial charge in [-0.25, -0.2) is 4.79 Å². The lowest BCUT2D eigenvalue weighted by molar-refractivity contribution is 0.144. The van der Waals surface area contributed by atoms with E-state index in [0.717, 1.165) is 22.9 Å². The van der Waals surface area contributed by atoms with Crippen molar-refractivity contribution in [1.82, 2.24) is 5.32 Å². The van der Waals surface area contributed by atoms with E-state index in [4.69, 9.17) is 16.3 Å². The number of rotatable bonds is 5. The van der Waals surface area contributed by atoms with Gasteiger partial charge in [-0.05, 0) is 24.1 Å². The SMILES string of the molecule is CCCCOC(=O)NCc1ccc(Cl)cc1Br. The molecule has 0 aliphatic rings. The van der Waals surface area contributed by atoms with Gasteiger partial charge in [0.2, 0.25) is 0 Å². The van der Waals surface area contributed by atoms with Gasteiger partial charge in [0.25, 0.3) is 0 Å². The molecule has 1 aromatic rings. The Morgan fingerprint density at radius 2 is 2.29 bits per heavy atom. The minimum absolute atomic E-state index is 0.389. The Morgan fingerprint density at radius 3 is 2.94 bits per heavy atom. The molecule has 1 aromatic carbocycles. The Kier molecular flexibility index (Phi) is 6.37. The highest BCUT2D eigenvalue weighted by atomic mass is 79.9. The molecule has 5 heteroatoms. The fourth-order valence-electron chi connectivity index (χ4n) is 1.19. The maximum Gasteiger partial charge on any atom is 0.407 e. The summed E-state index contributed by atoms with van der Waals surface area (Å²) in [6.45, 7) is 2.93. The molecule has 0 unspecified atom stereocenters. The second-order valence-electron chi connectivity index (χ2n) is 3.58. The van der Waals surface area contributed by atoms with E-state index in [1.54, 1.807) is 12.1 Å². The number of carbonyl (C=O) groups excluding carboxylic acids is 1. The van der Waals surface area contributed by atoms with E-state index in [2.05, 4.69) is 21.2 Å². The number of hydrogen-bond donors (Lipinski definition) is 1. The molecule has 0 atom stereocenters. The summed E-state index contributed by atoms with van der Waals surface area (Å²) in [5.74, 6) is 0. The normalized spacial score (nSPS) is 10.1. The Morgan fingerprint density at radius 1 is 1.53 bits per heavy atom. The largest absolute Gasteiger partial charge is 0.450 e. The van der Waals surface area contributed by atoms with Crippen molar-refractivity contribution in [2.24, 2.45) is 0 Å². The summed E-state index contributed by atoms with van der Waals surface area (Å²) in [6.07, 6.45) is 1.51. The van der Waals surface area contributed by atoms with Gasteiger partial charge in [0.1, 0.15) is 0 Å². The van der Waals surface area contributed by atoms with Crippen LogP contribution in [0.4, 0.5) is 4.79 Å². The van der Waals surface area contributed by atoms with Crippen molar-refractivity contribution < 1.29 is 9.53 Å². The number of unbranched alkanes of at least 4 members (excludes halogenated alkanes) is 1. The Labute approximate surface area is 115 Å². The van der Waals surface area contributed by atoms with Gasteiger partial charge in [0.05, 0.1) is 6.61 Å². The van der Waals surface area contributed by atoms with Gasteiger partial charge in [-0.3, -0.25) is 0 Å². The Balaban J connectivity index is 2.37. The molecule has 0 radical (unpaired) electrons. The predicted octanol–water partition coefficient (Wildman–Crippen LogP) is 4.13. The summed E-state index contributed by atoms with van der Waals surface area (Å²) in [4.78, 5) is 11.3. The average Bonchev–Trinajstić information content (AvgIpc) is 2.28. The van der Waals surface area contributed by atoms with Crippen LogP contribution in [-0.2, 0) is 11.3 Å². The predicted molar refractivity (Wildman–Crippen MR) is 72.2 cm³/mol. The summed E-state index contributed by atoms with van der Waals surface area (Å²) in [6, 6.07) is 5.44. The quantitative estimate of drug-likeness (QED) is 0.828. The second kappa shape index (κ2) is 7.56. The van der Waals surface area contributed by atoms with E-state index < -0.39 is 0 Å². The van der Waals surface area contributed by atoms with E-state index >= 15 is 0 Å². The van der Waals surface area contributed by atoms with Crippen LogP contribution in [0.3, 0.4) is 0 Å². The second-order valence-corrected chi connectivity index (χ2v) is 4.87. The first-order valence-corrected chi connectivity index (χ1v) is 6.65. The third-order valence-corrected chi connectivity index (χ3v) is 3.14. The molecule has 3 nitrogen and oxygen atoms in total. The fourth-order valence-corrected chi connectivity index (χ4v) is 2.02. The standard InChI is InChI=1S/C12H15BrClNO2/c1-2-3-6-17-12(16)15-8-9-4-5-10(14)7-11(9)13/h4-5,7H,2-3,6,8H2,1H3,(H,15,16). The van der Waals surface area contributed by atoms with E-state index in [1.165, 1.54) is 0 Å². The highest BCUT2D eigenvalue weighted by Gasteiger charge is 2.04. The first-order chi connectivity index (χ1) is 8.13. The molecule has 0 saturated heterocycles. The van der Waals surface area contributed by atoms with Gasteiger partial charge in [0.15, 0.2) is 0 Å². The molecule has 17 heavy (non-hydrogen) atoms. The number of ether oxygens (including phenoxy) is 1.